The average Bonchev–Trinajstić information content (AvgIpc) is 2.99. The van der Waals surface area contributed by atoms with Crippen LogP contribution in [0.4, 0.5) is 10.6 Å². The summed E-state index contributed by atoms with van der Waals surface area (Å²) in [7, 11) is 0. The lowest BCUT2D eigenvalue weighted by atomic mass is 10.2. The van der Waals surface area contributed by atoms with E-state index in [1.54, 1.807) is 0 Å². The second kappa shape index (κ2) is 7.04. The summed E-state index contributed by atoms with van der Waals surface area (Å²) in [5.74, 6) is 0.675. The van der Waals surface area contributed by atoms with Gasteiger partial charge < -0.3 is 15.0 Å². The van der Waals surface area contributed by atoms with E-state index in [9.17, 15) is 4.79 Å². The fourth-order valence-corrected chi connectivity index (χ4v) is 3.24. The Morgan fingerprint density at radius 1 is 1.32 bits per heavy atom. The zero-order valence-electron chi connectivity index (χ0n) is 14.8. The summed E-state index contributed by atoms with van der Waals surface area (Å²) >= 11 is 6.37. The van der Waals surface area contributed by atoms with Crippen molar-refractivity contribution in [3.63, 3.8) is 0 Å². The molecule has 0 aliphatic carbocycles. The van der Waals surface area contributed by atoms with Crippen molar-refractivity contribution in [2.75, 3.05) is 18.0 Å². The minimum absolute atomic E-state index is 0.125. The first-order valence-corrected chi connectivity index (χ1v) is 8.87. The van der Waals surface area contributed by atoms with Gasteiger partial charge in [-0.25, -0.2) is 14.8 Å². The molecule has 0 bridgehead atoms. The number of halogens is 1. The molecule has 1 amide bonds. The van der Waals surface area contributed by atoms with Gasteiger partial charge in [-0.1, -0.05) is 23.7 Å². The van der Waals surface area contributed by atoms with Crippen LogP contribution in [0.5, 0.6) is 0 Å². The zero-order chi connectivity index (χ0) is 18.0. The van der Waals surface area contributed by atoms with Crippen molar-refractivity contribution >= 4 is 34.5 Å². The quantitative estimate of drug-likeness (QED) is 0.900. The van der Waals surface area contributed by atoms with Gasteiger partial charge in [0.25, 0.3) is 0 Å². The Bertz CT molecular complexity index is 775. The Labute approximate surface area is 152 Å². The van der Waals surface area contributed by atoms with Crippen LogP contribution in [0.1, 0.15) is 33.6 Å². The molecule has 1 aromatic heterocycles. The largest absolute Gasteiger partial charge is 0.444 e. The van der Waals surface area contributed by atoms with E-state index >= 15 is 0 Å². The number of nitrogens with zero attached hydrogens (tertiary/aromatic N) is 3. The van der Waals surface area contributed by atoms with Crippen LogP contribution in [0.25, 0.3) is 11.0 Å². The Morgan fingerprint density at radius 2 is 2.00 bits per heavy atom. The molecule has 1 unspecified atom stereocenters. The predicted molar refractivity (Wildman–Crippen MR) is 99.2 cm³/mol. The number of benzene rings is 1. The van der Waals surface area contributed by atoms with E-state index < -0.39 is 11.7 Å². The van der Waals surface area contributed by atoms with Gasteiger partial charge >= 0.3 is 6.09 Å². The van der Waals surface area contributed by atoms with Crippen LogP contribution in [0.2, 0.25) is 5.15 Å². The van der Waals surface area contributed by atoms with Crippen LogP contribution in [0.15, 0.2) is 24.3 Å². The van der Waals surface area contributed by atoms with Gasteiger partial charge in [-0.15, -0.1) is 0 Å². The van der Waals surface area contributed by atoms with Crippen molar-refractivity contribution < 1.29 is 9.53 Å². The molecule has 0 saturated carbocycles. The number of hydrogen-bond donors (Lipinski definition) is 1. The molecule has 0 radical (unpaired) electrons. The van der Waals surface area contributed by atoms with Gasteiger partial charge in [-0.05, 0) is 45.7 Å². The van der Waals surface area contributed by atoms with Crippen molar-refractivity contribution in [2.45, 2.75) is 45.3 Å². The normalized spacial score (nSPS) is 17.8. The highest BCUT2D eigenvalue weighted by molar-refractivity contribution is 6.32. The number of para-hydroxylation sites is 2. The molecule has 134 valence electrons. The highest BCUT2D eigenvalue weighted by Gasteiger charge is 2.29. The molecule has 2 aromatic rings. The minimum atomic E-state index is -0.507. The van der Waals surface area contributed by atoms with Crippen molar-refractivity contribution in [2.24, 2.45) is 0 Å². The summed E-state index contributed by atoms with van der Waals surface area (Å²) in [6.45, 7) is 6.86. The number of carbonyl (C=O) groups is 1. The first kappa shape index (κ1) is 17.7. The number of anilines is 1. The molecule has 25 heavy (non-hydrogen) atoms. The summed E-state index contributed by atoms with van der Waals surface area (Å²) in [6, 6.07) is 7.78. The lowest BCUT2D eigenvalue weighted by Crippen LogP contribution is -2.42. The maximum Gasteiger partial charge on any atom is 0.407 e. The van der Waals surface area contributed by atoms with E-state index in [4.69, 9.17) is 16.3 Å². The van der Waals surface area contributed by atoms with Gasteiger partial charge in [0, 0.05) is 19.1 Å². The lowest BCUT2D eigenvalue weighted by molar-refractivity contribution is 0.0525. The van der Waals surface area contributed by atoms with Gasteiger partial charge in [0.05, 0.1) is 11.0 Å². The number of nitrogens with one attached hydrogen (secondary N) is 1. The van der Waals surface area contributed by atoms with Gasteiger partial charge in [0.2, 0.25) is 0 Å². The van der Waals surface area contributed by atoms with Crippen molar-refractivity contribution in [1.82, 2.24) is 15.3 Å². The predicted octanol–water partition coefficient (Wildman–Crippen LogP) is 3.78. The maximum atomic E-state index is 11.9. The Morgan fingerprint density at radius 3 is 2.68 bits per heavy atom. The maximum absolute atomic E-state index is 11.9. The third kappa shape index (κ3) is 4.31. The minimum Gasteiger partial charge on any atom is -0.444 e. The second-order valence-electron chi connectivity index (χ2n) is 7.20. The van der Waals surface area contributed by atoms with Crippen LogP contribution in [0.3, 0.4) is 0 Å². The fraction of sp³-hybridized carbons (Fsp3) is 0.500. The smallest absolute Gasteiger partial charge is 0.407 e. The number of alkyl carbamates (subject to hydrolysis) is 1. The van der Waals surface area contributed by atoms with Crippen molar-refractivity contribution in [1.29, 1.82) is 0 Å². The molecule has 6 nitrogen and oxygen atoms in total. The molecule has 1 aromatic carbocycles. The number of amides is 1. The molecule has 2 heterocycles. The average molecular weight is 363 g/mol. The van der Waals surface area contributed by atoms with Gasteiger partial charge in [0.15, 0.2) is 11.0 Å². The molecule has 1 atom stereocenters. The molecule has 0 spiro atoms. The molecule has 3 rings (SSSR count). The monoisotopic (exact) mass is 362 g/mol. The Hall–Kier alpha value is -2.08. The van der Waals surface area contributed by atoms with Gasteiger partial charge in [0.1, 0.15) is 5.60 Å². The summed E-state index contributed by atoms with van der Waals surface area (Å²) in [6.07, 6.45) is 1.57. The van der Waals surface area contributed by atoms with Crippen LogP contribution in [-0.4, -0.2) is 40.8 Å². The summed E-state index contributed by atoms with van der Waals surface area (Å²) in [5, 5.41) is 3.23. The molecule has 1 N–H and O–H groups in total. The number of ether oxygens (including phenoxy) is 1. The summed E-state index contributed by atoms with van der Waals surface area (Å²) in [4.78, 5) is 23.1. The molecular weight excluding hydrogens is 340 g/mol. The number of fused-ring (bicyclic) bond motifs is 1. The topological polar surface area (TPSA) is 67.3 Å². The van der Waals surface area contributed by atoms with E-state index in [2.05, 4.69) is 20.2 Å². The van der Waals surface area contributed by atoms with Crippen LogP contribution in [0, 0.1) is 0 Å². The zero-order valence-corrected chi connectivity index (χ0v) is 15.5. The SMILES string of the molecule is CC(C)(C)OC(=O)NCC1CCCN1c1nc2ccccc2nc1Cl. The number of hydrogen-bond acceptors (Lipinski definition) is 5. The van der Waals surface area contributed by atoms with Crippen molar-refractivity contribution in [3.05, 3.63) is 29.4 Å². The van der Waals surface area contributed by atoms with E-state index in [0.717, 1.165) is 30.4 Å². The first-order valence-electron chi connectivity index (χ1n) is 8.49. The molecule has 1 aliphatic rings. The number of aromatic nitrogens is 2. The Kier molecular flexibility index (Phi) is 4.99. The molecule has 1 saturated heterocycles. The first-order chi connectivity index (χ1) is 11.8. The molecule has 1 aliphatic heterocycles. The standard InChI is InChI=1S/C18H23ClN4O2/c1-18(2,3)25-17(24)20-11-12-7-6-10-23(12)16-15(19)21-13-8-4-5-9-14(13)22-16/h4-5,8-9,12H,6-7,10-11H2,1-3H3,(H,20,24). The van der Waals surface area contributed by atoms with Crippen LogP contribution < -0.4 is 10.2 Å². The van der Waals surface area contributed by atoms with E-state index in [0.29, 0.717) is 17.5 Å². The highest BCUT2D eigenvalue weighted by Crippen LogP contribution is 2.30. The second-order valence-corrected chi connectivity index (χ2v) is 7.56. The van der Waals surface area contributed by atoms with E-state index in [1.807, 2.05) is 45.0 Å². The number of carbonyl (C=O) groups excluding carboxylic acids is 1. The fourth-order valence-electron chi connectivity index (χ4n) is 2.99. The third-order valence-electron chi connectivity index (χ3n) is 4.04. The van der Waals surface area contributed by atoms with Gasteiger partial charge in [-0.2, -0.15) is 0 Å². The van der Waals surface area contributed by atoms with E-state index in [-0.39, 0.29) is 6.04 Å². The summed E-state index contributed by atoms with van der Waals surface area (Å²) < 4.78 is 5.30. The molecule has 7 heteroatoms. The lowest BCUT2D eigenvalue weighted by Gasteiger charge is -2.27. The third-order valence-corrected chi connectivity index (χ3v) is 4.29. The molecule has 1 fully saturated rings. The number of rotatable bonds is 3. The van der Waals surface area contributed by atoms with Crippen molar-refractivity contribution in [3.8, 4) is 0 Å². The van der Waals surface area contributed by atoms with Crippen LogP contribution in [-0.2, 0) is 4.74 Å². The summed E-state index contributed by atoms with van der Waals surface area (Å²) in [5.41, 5.74) is 1.08. The van der Waals surface area contributed by atoms with E-state index in [1.165, 1.54) is 0 Å². The van der Waals surface area contributed by atoms with Gasteiger partial charge in [-0.3, -0.25) is 0 Å². The highest BCUT2D eigenvalue weighted by atomic mass is 35.5. The van der Waals surface area contributed by atoms with Crippen LogP contribution >= 0.6 is 11.6 Å². The Balaban J connectivity index is 1.73. The molecular formula is C18H23ClN4O2.